The predicted octanol–water partition coefficient (Wildman–Crippen LogP) is 6.06. The molecule has 0 N–H and O–H groups in total. The summed E-state index contributed by atoms with van der Waals surface area (Å²) >= 11 is 0. The summed E-state index contributed by atoms with van der Waals surface area (Å²) < 4.78 is 0. The molecule has 0 heteroatoms. The zero-order valence-corrected chi connectivity index (χ0v) is 13.3. The van der Waals surface area contributed by atoms with E-state index in [-0.39, 0.29) is 5.41 Å². The van der Waals surface area contributed by atoms with Crippen LogP contribution in [0.15, 0.2) is 36.0 Å². The van der Waals surface area contributed by atoms with Gasteiger partial charge < -0.3 is 0 Å². The molecule has 1 saturated carbocycles. The number of allylic oxidation sites excluding steroid dienone is 5. The molecule has 0 aromatic rings. The van der Waals surface area contributed by atoms with Gasteiger partial charge in [-0.25, -0.2) is 0 Å². The Bertz CT molecular complexity index is 396. The van der Waals surface area contributed by atoms with E-state index in [9.17, 15) is 0 Å². The number of hydrogen-bond donors (Lipinski definition) is 0. The molecule has 1 fully saturated rings. The van der Waals surface area contributed by atoms with Crippen LogP contribution >= 0.6 is 0 Å². The van der Waals surface area contributed by atoms with Gasteiger partial charge in [-0.05, 0) is 47.2 Å². The first-order chi connectivity index (χ1) is 8.83. The molecule has 0 amide bonds. The zero-order chi connectivity index (χ0) is 14.1. The highest BCUT2D eigenvalue weighted by molar-refractivity contribution is 5.44. The summed E-state index contributed by atoms with van der Waals surface area (Å²) in [6.07, 6.45) is 15.6. The molecule has 0 aliphatic heterocycles. The van der Waals surface area contributed by atoms with E-state index in [0.717, 1.165) is 5.92 Å². The highest BCUT2D eigenvalue weighted by Gasteiger charge is 2.33. The maximum atomic E-state index is 4.29. The third-order valence-corrected chi connectivity index (χ3v) is 5.20. The fourth-order valence-corrected chi connectivity index (χ4v) is 3.47. The minimum Gasteiger partial charge on any atom is -0.0947 e. The van der Waals surface area contributed by atoms with Crippen molar-refractivity contribution in [3.63, 3.8) is 0 Å². The molecule has 0 aromatic heterocycles. The Hall–Kier alpha value is -0.780. The molecule has 0 heterocycles. The van der Waals surface area contributed by atoms with Crippen LogP contribution < -0.4 is 0 Å². The van der Waals surface area contributed by atoms with Gasteiger partial charge in [0.1, 0.15) is 0 Å². The van der Waals surface area contributed by atoms with E-state index in [1.165, 1.54) is 49.7 Å². The summed E-state index contributed by atoms with van der Waals surface area (Å²) in [6, 6.07) is 0. The van der Waals surface area contributed by atoms with Crippen LogP contribution in [0.5, 0.6) is 0 Å². The highest BCUT2D eigenvalue weighted by atomic mass is 14.4. The summed E-state index contributed by atoms with van der Waals surface area (Å²) in [6.45, 7) is 13.5. The smallest absolute Gasteiger partial charge is 0.00802 e. The van der Waals surface area contributed by atoms with Gasteiger partial charge in [-0.2, -0.15) is 0 Å². The normalized spacial score (nSPS) is 29.2. The van der Waals surface area contributed by atoms with Crippen molar-refractivity contribution in [3.8, 4) is 0 Å². The molecule has 106 valence electrons. The monoisotopic (exact) mass is 258 g/mol. The van der Waals surface area contributed by atoms with Crippen molar-refractivity contribution in [2.24, 2.45) is 16.7 Å². The molecule has 0 spiro atoms. The van der Waals surface area contributed by atoms with Gasteiger partial charge in [0.2, 0.25) is 0 Å². The van der Waals surface area contributed by atoms with Crippen LogP contribution in [-0.4, -0.2) is 0 Å². The van der Waals surface area contributed by atoms with Crippen LogP contribution in [-0.2, 0) is 0 Å². The number of hydrogen-bond acceptors (Lipinski definition) is 0. The maximum Gasteiger partial charge on any atom is -0.00802 e. The van der Waals surface area contributed by atoms with E-state index in [1.807, 2.05) is 0 Å². The third kappa shape index (κ3) is 3.22. The first-order valence-electron chi connectivity index (χ1n) is 7.92. The molecular weight excluding hydrogens is 228 g/mol. The Morgan fingerprint density at radius 2 is 1.84 bits per heavy atom. The molecule has 2 aliphatic rings. The Labute approximate surface area is 119 Å². The summed E-state index contributed by atoms with van der Waals surface area (Å²) in [7, 11) is 0. The second kappa shape index (κ2) is 5.31. The molecular formula is C19H30. The quantitative estimate of drug-likeness (QED) is 0.564. The summed E-state index contributed by atoms with van der Waals surface area (Å²) in [4.78, 5) is 0. The van der Waals surface area contributed by atoms with E-state index in [4.69, 9.17) is 0 Å². The second-order valence-electron chi connectivity index (χ2n) is 7.77. The van der Waals surface area contributed by atoms with Gasteiger partial charge in [-0.1, -0.05) is 71.8 Å². The molecule has 0 saturated heterocycles. The van der Waals surface area contributed by atoms with Gasteiger partial charge in [0.15, 0.2) is 0 Å². The molecule has 2 rings (SSSR count). The summed E-state index contributed by atoms with van der Waals surface area (Å²) in [5.74, 6) is 0.887. The molecule has 0 nitrogen and oxygen atoms in total. The summed E-state index contributed by atoms with van der Waals surface area (Å²) in [5, 5.41) is 0. The van der Waals surface area contributed by atoms with Crippen molar-refractivity contribution < 1.29 is 0 Å². The van der Waals surface area contributed by atoms with E-state index in [1.54, 1.807) is 0 Å². The lowest BCUT2D eigenvalue weighted by molar-refractivity contribution is 0.190. The van der Waals surface area contributed by atoms with Crippen LogP contribution in [0.25, 0.3) is 0 Å². The Morgan fingerprint density at radius 3 is 2.32 bits per heavy atom. The van der Waals surface area contributed by atoms with Gasteiger partial charge in [0, 0.05) is 0 Å². The molecule has 0 bridgehead atoms. The minimum absolute atomic E-state index is 0.175. The molecule has 19 heavy (non-hydrogen) atoms. The SMILES string of the molecule is C=C(C1=CCC(C)(C2CCCCC2)C=C1)C(C)(C)C. The Balaban J connectivity index is 2.07. The van der Waals surface area contributed by atoms with E-state index < -0.39 is 0 Å². The molecule has 1 atom stereocenters. The highest BCUT2D eigenvalue weighted by Crippen LogP contribution is 2.45. The predicted molar refractivity (Wildman–Crippen MR) is 85.1 cm³/mol. The van der Waals surface area contributed by atoms with Gasteiger partial charge in [0.25, 0.3) is 0 Å². The molecule has 0 radical (unpaired) electrons. The second-order valence-corrected chi connectivity index (χ2v) is 7.77. The van der Waals surface area contributed by atoms with Crippen molar-refractivity contribution >= 4 is 0 Å². The van der Waals surface area contributed by atoms with Crippen molar-refractivity contribution in [2.75, 3.05) is 0 Å². The summed E-state index contributed by atoms with van der Waals surface area (Å²) in [5.41, 5.74) is 3.20. The maximum absolute atomic E-state index is 4.29. The fraction of sp³-hybridized carbons (Fsp3) is 0.684. The van der Waals surface area contributed by atoms with Crippen LogP contribution in [0.2, 0.25) is 0 Å². The first kappa shape index (κ1) is 14.6. The zero-order valence-electron chi connectivity index (χ0n) is 13.3. The fourth-order valence-electron chi connectivity index (χ4n) is 3.47. The van der Waals surface area contributed by atoms with E-state index in [2.05, 4.69) is 52.5 Å². The molecule has 2 aliphatic carbocycles. The lowest BCUT2D eigenvalue weighted by Crippen LogP contribution is -2.28. The largest absolute Gasteiger partial charge is 0.0947 e. The number of rotatable bonds is 2. The topological polar surface area (TPSA) is 0 Å². The van der Waals surface area contributed by atoms with Crippen molar-refractivity contribution in [2.45, 2.75) is 66.2 Å². The minimum atomic E-state index is 0.175. The van der Waals surface area contributed by atoms with Crippen LogP contribution in [0, 0.1) is 16.7 Å². The lowest BCUT2D eigenvalue weighted by atomic mass is 9.65. The van der Waals surface area contributed by atoms with Gasteiger partial charge in [-0.3, -0.25) is 0 Å². The van der Waals surface area contributed by atoms with Gasteiger partial charge in [-0.15, -0.1) is 0 Å². The standard InChI is InChI=1S/C19H30/c1-15(18(2,3)4)16-11-13-19(5,14-12-16)17-9-7-6-8-10-17/h11-13,17H,1,6-10,14H2,2-5H3. The van der Waals surface area contributed by atoms with E-state index in [0.29, 0.717) is 5.41 Å². The van der Waals surface area contributed by atoms with Crippen LogP contribution in [0.3, 0.4) is 0 Å². The van der Waals surface area contributed by atoms with E-state index >= 15 is 0 Å². The van der Waals surface area contributed by atoms with Gasteiger partial charge >= 0.3 is 0 Å². The molecule has 0 aromatic carbocycles. The van der Waals surface area contributed by atoms with Gasteiger partial charge in [0.05, 0.1) is 0 Å². The Morgan fingerprint density at radius 1 is 1.21 bits per heavy atom. The average Bonchev–Trinajstić information content (AvgIpc) is 2.39. The lowest BCUT2D eigenvalue weighted by Gasteiger charge is -2.39. The van der Waals surface area contributed by atoms with Crippen molar-refractivity contribution in [3.05, 3.63) is 36.0 Å². The van der Waals surface area contributed by atoms with Crippen molar-refractivity contribution in [1.29, 1.82) is 0 Å². The van der Waals surface area contributed by atoms with Crippen LogP contribution in [0.4, 0.5) is 0 Å². The van der Waals surface area contributed by atoms with Crippen LogP contribution in [0.1, 0.15) is 66.2 Å². The van der Waals surface area contributed by atoms with Crippen molar-refractivity contribution in [1.82, 2.24) is 0 Å². The Kier molecular flexibility index (Phi) is 4.08. The first-order valence-corrected chi connectivity index (χ1v) is 7.92. The molecule has 1 unspecified atom stereocenters. The third-order valence-electron chi connectivity index (χ3n) is 5.20. The average molecular weight is 258 g/mol.